The Morgan fingerprint density at radius 2 is 2.43 bits per heavy atom. The molecule has 1 fully saturated rings. The van der Waals surface area contributed by atoms with Crippen molar-refractivity contribution >= 4 is 11.7 Å². The molecule has 2 amide bonds. The molecule has 0 radical (unpaired) electrons. The SMILES string of the molecule is O=C1Nc2cn[nH]c2C2CCCCN12. The van der Waals surface area contributed by atoms with Gasteiger partial charge < -0.3 is 10.2 Å². The van der Waals surface area contributed by atoms with Gasteiger partial charge in [-0.2, -0.15) is 5.10 Å². The van der Waals surface area contributed by atoms with Gasteiger partial charge >= 0.3 is 6.03 Å². The molecule has 0 spiro atoms. The van der Waals surface area contributed by atoms with Crippen LogP contribution in [0.15, 0.2) is 6.20 Å². The molecule has 74 valence electrons. The Bertz CT molecular complexity index is 373. The summed E-state index contributed by atoms with van der Waals surface area (Å²) < 4.78 is 0. The molecular formula is C9H12N4O. The standard InChI is InChI=1S/C9H12N4O/c14-9-11-6-5-10-12-8(6)7-3-1-2-4-13(7)9/h5,7H,1-4H2,(H,10,12)(H,11,14). The van der Waals surface area contributed by atoms with Gasteiger partial charge in [-0.25, -0.2) is 4.79 Å². The lowest BCUT2D eigenvalue weighted by molar-refractivity contribution is 0.158. The molecule has 1 aromatic heterocycles. The monoisotopic (exact) mass is 192 g/mol. The summed E-state index contributed by atoms with van der Waals surface area (Å²) in [4.78, 5) is 13.6. The third-order valence-corrected chi connectivity index (χ3v) is 3.01. The molecule has 2 aliphatic rings. The number of aromatic amines is 1. The average molecular weight is 192 g/mol. The first-order valence-electron chi connectivity index (χ1n) is 4.97. The van der Waals surface area contributed by atoms with Crippen LogP contribution in [0.4, 0.5) is 10.5 Å². The van der Waals surface area contributed by atoms with Gasteiger partial charge in [0.25, 0.3) is 0 Å². The fraction of sp³-hybridized carbons (Fsp3) is 0.556. The molecule has 1 saturated heterocycles. The van der Waals surface area contributed by atoms with Gasteiger partial charge in [0.15, 0.2) is 0 Å². The number of carbonyl (C=O) groups is 1. The largest absolute Gasteiger partial charge is 0.322 e. The first kappa shape index (κ1) is 7.84. The Morgan fingerprint density at radius 1 is 1.50 bits per heavy atom. The number of carbonyl (C=O) groups excluding carboxylic acids is 1. The summed E-state index contributed by atoms with van der Waals surface area (Å²) in [6.07, 6.45) is 5.02. The van der Waals surface area contributed by atoms with Crippen LogP contribution in [0.3, 0.4) is 0 Å². The van der Waals surface area contributed by atoms with Crippen LogP contribution in [0.2, 0.25) is 0 Å². The number of anilines is 1. The number of urea groups is 1. The summed E-state index contributed by atoms with van der Waals surface area (Å²) in [5.41, 5.74) is 1.91. The zero-order chi connectivity index (χ0) is 9.54. The predicted octanol–water partition coefficient (Wildman–Crippen LogP) is 1.48. The second-order valence-corrected chi connectivity index (χ2v) is 3.83. The third-order valence-electron chi connectivity index (χ3n) is 3.01. The number of amides is 2. The highest BCUT2D eigenvalue weighted by atomic mass is 16.2. The van der Waals surface area contributed by atoms with E-state index in [1.165, 1.54) is 6.42 Å². The Balaban J connectivity index is 2.04. The van der Waals surface area contributed by atoms with Crippen molar-refractivity contribution in [1.82, 2.24) is 15.1 Å². The highest BCUT2D eigenvalue weighted by molar-refractivity contribution is 5.92. The van der Waals surface area contributed by atoms with Gasteiger partial charge in [-0.3, -0.25) is 5.10 Å². The van der Waals surface area contributed by atoms with Crippen molar-refractivity contribution in [3.05, 3.63) is 11.9 Å². The van der Waals surface area contributed by atoms with E-state index in [0.717, 1.165) is 30.8 Å². The van der Waals surface area contributed by atoms with Crippen LogP contribution in [0.5, 0.6) is 0 Å². The summed E-state index contributed by atoms with van der Waals surface area (Å²) in [6.45, 7) is 0.856. The Morgan fingerprint density at radius 3 is 3.36 bits per heavy atom. The summed E-state index contributed by atoms with van der Waals surface area (Å²) in [7, 11) is 0. The van der Waals surface area contributed by atoms with Crippen LogP contribution in [0.1, 0.15) is 31.0 Å². The minimum atomic E-state index is 0.0172. The third kappa shape index (κ3) is 0.950. The maximum atomic E-state index is 11.7. The minimum absolute atomic E-state index is 0.0172. The van der Waals surface area contributed by atoms with Gasteiger partial charge in [0.05, 0.1) is 23.6 Å². The Labute approximate surface area is 81.5 Å². The maximum absolute atomic E-state index is 11.7. The molecular weight excluding hydrogens is 180 g/mol. The number of hydrogen-bond acceptors (Lipinski definition) is 2. The van der Waals surface area contributed by atoms with Gasteiger partial charge in [-0.05, 0) is 19.3 Å². The van der Waals surface area contributed by atoms with E-state index >= 15 is 0 Å². The molecule has 0 bridgehead atoms. The van der Waals surface area contributed by atoms with Crippen LogP contribution >= 0.6 is 0 Å². The molecule has 0 aromatic carbocycles. The smallest absolute Gasteiger partial charge is 0.316 e. The second kappa shape index (κ2) is 2.73. The van der Waals surface area contributed by atoms with Crippen molar-refractivity contribution in [2.75, 3.05) is 11.9 Å². The van der Waals surface area contributed by atoms with Gasteiger partial charge in [-0.15, -0.1) is 0 Å². The van der Waals surface area contributed by atoms with Crippen molar-refractivity contribution in [2.24, 2.45) is 0 Å². The van der Waals surface area contributed by atoms with Gasteiger partial charge in [0, 0.05) is 6.54 Å². The Kier molecular flexibility index (Phi) is 1.53. The van der Waals surface area contributed by atoms with E-state index in [1.54, 1.807) is 6.20 Å². The number of nitrogens with zero attached hydrogens (tertiary/aromatic N) is 2. The van der Waals surface area contributed by atoms with Gasteiger partial charge in [0.2, 0.25) is 0 Å². The highest BCUT2D eigenvalue weighted by Gasteiger charge is 2.35. The Hall–Kier alpha value is -1.52. The molecule has 0 aliphatic carbocycles. The summed E-state index contributed by atoms with van der Waals surface area (Å²) in [5, 5.41) is 9.77. The number of aromatic nitrogens is 2. The van der Waals surface area contributed by atoms with E-state index in [9.17, 15) is 4.79 Å². The molecule has 5 nitrogen and oxygen atoms in total. The first-order chi connectivity index (χ1) is 6.86. The van der Waals surface area contributed by atoms with Crippen molar-refractivity contribution < 1.29 is 4.79 Å². The number of H-pyrrole nitrogens is 1. The minimum Gasteiger partial charge on any atom is -0.316 e. The molecule has 3 rings (SSSR count). The lowest BCUT2D eigenvalue weighted by Crippen LogP contribution is -2.44. The predicted molar refractivity (Wildman–Crippen MR) is 50.9 cm³/mol. The number of rotatable bonds is 0. The van der Waals surface area contributed by atoms with E-state index in [-0.39, 0.29) is 12.1 Å². The van der Waals surface area contributed by atoms with Crippen molar-refractivity contribution in [3.8, 4) is 0 Å². The van der Waals surface area contributed by atoms with Crippen molar-refractivity contribution in [3.63, 3.8) is 0 Å². The quantitative estimate of drug-likeness (QED) is 0.654. The summed E-state index contributed by atoms with van der Waals surface area (Å²) in [5.74, 6) is 0. The maximum Gasteiger partial charge on any atom is 0.322 e. The van der Waals surface area contributed by atoms with E-state index in [0.29, 0.717) is 0 Å². The van der Waals surface area contributed by atoms with Crippen molar-refractivity contribution in [2.45, 2.75) is 25.3 Å². The zero-order valence-electron chi connectivity index (χ0n) is 7.79. The van der Waals surface area contributed by atoms with Crippen LogP contribution in [0.25, 0.3) is 0 Å². The lowest BCUT2D eigenvalue weighted by Gasteiger charge is -2.38. The van der Waals surface area contributed by atoms with Gasteiger partial charge in [-0.1, -0.05) is 0 Å². The second-order valence-electron chi connectivity index (χ2n) is 3.83. The van der Waals surface area contributed by atoms with Crippen LogP contribution in [-0.2, 0) is 0 Å². The van der Waals surface area contributed by atoms with E-state index < -0.39 is 0 Å². The highest BCUT2D eigenvalue weighted by Crippen LogP contribution is 2.37. The van der Waals surface area contributed by atoms with Gasteiger partial charge in [0.1, 0.15) is 0 Å². The summed E-state index contributed by atoms with van der Waals surface area (Å²) >= 11 is 0. The zero-order valence-corrected chi connectivity index (χ0v) is 7.79. The number of hydrogen-bond donors (Lipinski definition) is 2. The first-order valence-corrected chi connectivity index (χ1v) is 4.97. The summed E-state index contributed by atoms with van der Waals surface area (Å²) in [6, 6.07) is 0.235. The average Bonchev–Trinajstić information content (AvgIpc) is 2.66. The molecule has 0 saturated carbocycles. The lowest BCUT2D eigenvalue weighted by atomic mass is 9.97. The van der Waals surface area contributed by atoms with E-state index in [4.69, 9.17) is 0 Å². The molecule has 14 heavy (non-hydrogen) atoms. The van der Waals surface area contributed by atoms with E-state index in [1.807, 2.05) is 4.90 Å². The molecule has 3 heterocycles. The molecule has 1 aromatic rings. The molecule has 2 aliphatic heterocycles. The molecule has 1 unspecified atom stereocenters. The van der Waals surface area contributed by atoms with Crippen LogP contribution in [-0.4, -0.2) is 27.7 Å². The number of fused-ring (bicyclic) bond motifs is 3. The van der Waals surface area contributed by atoms with Crippen LogP contribution in [0, 0.1) is 0 Å². The fourth-order valence-corrected chi connectivity index (χ4v) is 2.31. The van der Waals surface area contributed by atoms with Crippen LogP contribution < -0.4 is 5.32 Å². The molecule has 2 N–H and O–H groups in total. The van der Waals surface area contributed by atoms with E-state index in [2.05, 4.69) is 15.5 Å². The molecule has 1 atom stereocenters. The number of nitrogens with one attached hydrogen (secondary N) is 2. The molecule has 5 heteroatoms. The topological polar surface area (TPSA) is 61.0 Å². The number of piperidine rings is 1. The fourth-order valence-electron chi connectivity index (χ4n) is 2.31. The van der Waals surface area contributed by atoms with Crippen molar-refractivity contribution in [1.29, 1.82) is 0 Å². The normalized spacial score (nSPS) is 25.3.